The van der Waals surface area contributed by atoms with Crippen LogP contribution in [-0.2, 0) is 28.4 Å². The van der Waals surface area contributed by atoms with Gasteiger partial charge in [-0.3, -0.25) is 14.3 Å². The maximum Gasteiger partial charge on any atom is 0.246 e. The number of hydrogen-bond donors (Lipinski definition) is 1. The summed E-state index contributed by atoms with van der Waals surface area (Å²) in [4.78, 5) is 26.2. The van der Waals surface area contributed by atoms with Crippen LogP contribution >= 0.6 is 0 Å². The second-order valence-electron chi connectivity index (χ2n) is 7.82. The number of carbonyl (C=O) groups excluding carboxylic acids is 2. The summed E-state index contributed by atoms with van der Waals surface area (Å²) < 4.78 is 9.55. The van der Waals surface area contributed by atoms with Gasteiger partial charge in [0.05, 0.1) is 31.9 Å². The van der Waals surface area contributed by atoms with Crippen LogP contribution in [-0.4, -0.2) is 62.4 Å². The highest BCUT2D eigenvalue weighted by Gasteiger charge is 2.51. The SMILES string of the molecule is Cn1ccc(/C=C/C(=O)N2CC3(CC(NC(=O)/C=C/c4cnn(C)c4)CO3)C2)c1. The minimum Gasteiger partial charge on any atom is -0.369 e. The Labute approximate surface area is 169 Å². The average Bonchev–Trinajstić information content (AvgIpc) is 3.37. The van der Waals surface area contributed by atoms with Crippen LogP contribution in [0.1, 0.15) is 17.5 Å². The molecule has 1 N–H and O–H groups in total. The molecule has 2 aromatic rings. The van der Waals surface area contributed by atoms with Crippen LogP contribution in [0.25, 0.3) is 12.2 Å². The molecule has 1 spiro atoms. The van der Waals surface area contributed by atoms with Crippen molar-refractivity contribution in [3.05, 3.63) is 54.1 Å². The second kappa shape index (κ2) is 7.71. The molecule has 0 aromatic carbocycles. The highest BCUT2D eigenvalue weighted by Crippen LogP contribution is 2.35. The maximum atomic E-state index is 12.3. The summed E-state index contributed by atoms with van der Waals surface area (Å²) in [5, 5.41) is 7.04. The number of hydrogen-bond acceptors (Lipinski definition) is 4. The van der Waals surface area contributed by atoms with Crippen molar-refractivity contribution in [2.45, 2.75) is 18.1 Å². The lowest BCUT2D eigenvalue weighted by atomic mass is 9.89. The Kier molecular flexibility index (Phi) is 5.10. The van der Waals surface area contributed by atoms with Crippen LogP contribution in [0.15, 0.2) is 43.0 Å². The number of nitrogens with one attached hydrogen (secondary N) is 1. The van der Waals surface area contributed by atoms with E-state index >= 15 is 0 Å². The Hall–Kier alpha value is -3.13. The minimum atomic E-state index is -0.332. The Morgan fingerprint density at radius 1 is 1.21 bits per heavy atom. The summed E-state index contributed by atoms with van der Waals surface area (Å²) in [5.41, 5.74) is 1.54. The molecule has 2 amide bonds. The van der Waals surface area contributed by atoms with Crippen molar-refractivity contribution < 1.29 is 14.3 Å². The van der Waals surface area contributed by atoms with Crippen molar-refractivity contribution in [2.24, 2.45) is 14.1 Å². The fourth-order valence-corrected chi connectivity index (χ4v) is 3.81. The number of aromatic nitrogens is 3. The zero-order chi connectivity index (χ0) is 20.4. The second-order valence-corrected chi connectivity index (χ2v) is 7.82. The van der Waals surface area contributed by atoms with E-state index in [0.29, 0.717) is 26.1 Å². The third kappa shape index (κ3) is 4.48. The molecule has 8 nitrogen and oxygen atoms in total. The van der Waals surface area contributed by atoms with Crippen LogP contribution in [0.5, 0.6) is 0 Å². The quantitative estimate of drug-likeness (QED) is 0.765. The number of nitrogens with zero attached hydrogens (tertiary/aromatic N) is 4. The van der Waals surface area contributed by atoms with Gasteiger partial charge in [-0.05, 0) is 23.8 Å². The molecule has 8 heteroatoms. The molecular formula is C21H25N5O3. The first kappa shape index (κ1) is 19.2. The zero-order valence-electron chi connectivity index (χ0n) is 16.6. The summed E-state index contributed by atoms with van der Waals surface area (Å²) >= 11 is 0. The summed E-state index contributed by atoms with van der Waals surface area (Å²) in [5.74, 6) is -0.174. The Morgan fingerprint density at radius 2 is 2.00 bits per heavy atom. The van der Waals surface area contributed by atoms with Gasteiger partial charge < -0.3 is 19.5 Å². The van der Waals surface area contributed by atoms with Gasteiger partial charge in [-0.1, -0.05) is 0 Å². The van der Waals surface area contributed by atoms with Gasteiger partial charge in [-0.2, -0.15) is 5.10 Å². The van der Waals surface area contributed by atoms with Crippen LogP contribution < -0.4 is 5.32 Å². The fourth-order valence-electron chi connectivity index (χ4n) is 3.81. The van der Waals surface area contributed by atoms with Crippen molar-refractivity contribution in [1.29, 1.82) is 0 Å². The molecule has 0 aliphatic carbocycles. The highest BCUT2D eigenvalue weighted by atomic mass is 16.5. The highest BCUT2D eigenvalue weighted by molar-refractivity contribution is 5.93. The van der Waals surface area contributed by atoms with E-state index in [2.05, 4.69) is 10.4 Å². The lowest BCUT2D eigenvalue weighted by molar-refractivity contribution is -0.152. The molecule has 4 rings (SSSR count). The predicted molar refractivity (Wildman–Crippen MR) is 108 cm³/mol. The lowest BCUT2D eigenvalue weighted by Crippen LogP contribution is -2.63. The molecule has 29 heavy (non-hydrogen) atoms. The van der Waals surface area contributed by atoms with Gasteiger partial charge in [0.1, 0.15) is 5.60 Å². The van der Waals surface area contributed by atoms with Crippen molar-refractivity contribution in [3.63, 3.8) is 0 Å². The monoisotopic (exact) mass is 395 g/mol. The molecule has 2 aliphatic heterocycles. The van der Waals surface area contributed by atoms with Crippen LogP contribution in [0.4, 0.5) is 0 Å². The lowest BCUT2D eigenvalue weighted by Gasteiger charge is -2.46. The minimum absolute atomic E-state index is 0.0185. The molecule has 4 heterocycles. The summed E-state index contributed by atoms with van der Waals surface area (Å²) in [6.45, 7) is 1.58. The molecule has 1 atom stereocenters. The van der Waals surface area contributed by atoms with Crippen molar-refractivity contribution in [1.82, 2.24) is 24.6 Å². The van der Waals surface area contributed by atoms with Crippen LogP contribution in [0.3, 0.4) is 0 Å². The summed E-state index contributed by atoms with van der Waals surface area (Å²) in [7, 11) is 3.77. The molecule has 2 saturated heterocycles. The largest absolute Gasteiger partial charge is 0.369 e. The van der Waals surface area contributed by atoms with Crippen molar-refractivity contribution >= 4 is 24.0 Å². The van der Waals surface area contributed by atoms with Gasteiger partial charge in [0, 0.05) is 56.8 Å². The molecule has 0 saturated carbocycles. The molecule has 0 radical (unpaired) electrons. The molecule has 152 valence electrons. The van der Waals surface area contributed by atoms with E-state index in [1.54, 1.807) is 27.9 Å². The zero-order valence-corrected chi connectivity index (χ0v) is 16.6. The molecule has 1 unspecified atom stereocenters. The first-order valence-electron chi connectivity index (χ1n) is 9.61. The van der Waals surface area contributed by atoms with Crippen LogP contribution in [0.2, 0.25) is 0 Å². The molecular weight excluding hydrogens is 370 g/mol. The number of carbonyl (C=O) groups is 2. The number of aryl methyl sites for hydroxylation is 2. The van der Waals surface area contributed by atoms with E-state index in [-0.39, 0.29) is 23.5 Å². The summed E-state index contributed by atoms with van der Waals surface area (Å²) in [6.07, 6.45) is 14.8. The normalized spacial score (nSPS) is 20.6. The third-order valence-corrected chi connectivity index (χ3v) is 5.25. The molecule has 2 aliphatic rings. The fraction of sp³-hybridized carbons (Fsp3) is 0.381. The van der Waals surface area contributed by atoms with E-state index in [1.165, 1.54) is 6.08 Å². The smallest absolute Gasteiger partial charge is 0.246 e. The van der Waals surface area contributed by atoms with Crippen molar-refractivity contribution in [3.8, 4) is 0 Å². The Bertz CT molecular complexity index is 965. The van der Waals surface area contributed by atoms with E-state index in [4.69, 9.17) is 4.74 Å². The van der Waals surface area contributed by atoms with E-state index in [1.807, 2.05) is 49.4 Å². The number of likely N-dealkylation sites (tertiary alicyclic amines) is 1. The molecule has 2 aromatic heterocycles. The van der Waals surface area contributed by atoms with Gasteiger partial charge in [0.2, 0.25) is 11.8 Å². The van der Waals surface area contributed by atoms with E-state index in [9.17, 15) is 9.59 Å². The Balaban J connectivity index is 1.23. The van der Waals surface area contributed by atoms with E-state index < -0.39 is 0 Å². The number of rotatable bonds is 5. The summed E-state index contributed by atoms with van der Waals surface area (Å²) in [6, 6.07) is 1.91. The Morgan fingerprint density at radius 3 is 2.69 bits per heavy atom. The predicted octanol–water partition coefficient (Wildman–Crippen LogP) is 0.971. The topological polar surface area (TPSA) is 81.4 Å². The first-order valence-corrected chi connectivity index (χ1v) is 9.61. The number of amides is 2. The van der Waals surface area contributed by atoms with Gasteiger partial charge in [0.25, 0.3) is 0 Å². The van der Waals surface area contributed by atoms with Gasteiger partial charge in [0.15, 0.2) is 0 Å². The number of ether oxygens (including phenoxy) is 1. The molecule has 2 fully saturated rings. The maximum absolute atomic E-state index is 12.3. The molecule has 0 bridgehead atoms. The van der Waals surface area contributed by atoms with Gasteiger partial charge >= 0.3 is 0 Å². The van der Waals surface area contributed by atoms with Crippen LogP contribution in [0, 0.1) is 0 Å². The van der Waals surface area contributed by atoms with E-state index in [0.717, 1.165) is 11.1 Å². The standard InChI is InChI=1S/C21H25N5O3/c1-24-8-7-16(11-24)4-6-20(28)26-14-21(15-26)9-18(13-29-21)23-19(27)5-3-17-10-22-25(2)12-17/h3-8,10-12,18H,9,13-15H2,1-2H3,(H,23,27)/b5-3+,6-4+. The van der Waals surface area contributed by atoms with Gasteiger partial charge in [-0.15, -0.1) is 0 Å². The van der Waals surface area contributed by atoms with Gasteiger partial charge in [-0.25, -0.2) is 0 Å². The third-order valence-electron chi connectivity index (χ3n) is 5.25. The van der Waals surface area contributed by atoms with Crippen molar-refractivity contribution in [2.75, 3.05) is 19.7 Å². The average molecular weight is 395 g/mol. The first-order chi connectivity index (χ1) is 13.9.